The molecule has 0 heterocycles. The highest BCUT2D eigenvalue weighted by molar-refractivity contribution is 5.79. The number of amides is 2. The highest BCUT2D eigenvalue weighted by Crippen LogP contribution is 2.44. The van der Waals surface area contributed by atoms with Gasteiger partial charge in [0.15, 0.2) is 0 Å². The van der Waals surface area contributed by atoms with Gasteiger partial charge in [-0.15, -0.1) is 0 Å². The molecule has 0 bridgehead atoms. The highest BCUT2D eigenvalue weighted by atomic mass is 16.5. The van der Waals surface area contributed by atoms with Gasteiger partial charge < -0.3 is 20.5 Å². The molecule has 3 N–H and O–H groups in total. The molecule has 0 saturated carbocycles. The Hall–Kier alpha value is -3.35. The Labute approximate surface area is 200 Å². The van der Waals surface area contributed by atoms with Crippen LogP contribution in [0.25, 0.3) is 11.1 Å². The zero-order chi connectivity index (χ0) is 24.3. The predicted octanol–water partition coefficient (Wildman–Crippen LogP) is 4.70. The van der Waals surface area contributed by atoms with Gasteiger partial charge in [0, 0.05) is 31.8 Å². The maximum atomic E-state index is 12.2. The second-order valence-electron chi connectivity index (χ2n) is 8.92. The molecule has 2 amide bonds. The van der Waals surface area contributed by atoms with Crippen molar-refractivity contribution in [2.75, 3.05) is 19.7 Å². The van der Waals surface area contributed by atoms with E-state index in [-0.39, 0.29) is 24.2 Å². The molecule has 1 unspecified atom stereocenters. The summed E-state index contributed by atoms with van der Waals surface area (Å²) in [5.41, 5.74) is 4.79. The van der Waals surface area contributed by atoms with Crippen molar-refractivity contribution in [1.29, 1.82) is 0 Å². The van der Waals surface area contributed by atoms with Gasteiger partial charge in [-0.25, -0.2) is 4.79 Å². The second kappa shape index (κ2) is 12.8. The van der Waals surface area contributed by atoms with Crippen molar-refractivity contribution >= 4 is 18.0 Å². The van der Waals surface area contributed by atoms with Crippen LogP contribution in [0.2, 0.25) is 0 Å². The molecule has 34 heavy (non-hydrogen) atoms. The van der Waals surface area contributed by atoms with Crippen LogP contribution >= 0.6 is 0 Å². The van der Waals surface area contributed by atoms with Gasteiger partial charge in [0.1, 0.15) is 6.61 Å². The number of carbonyl (C=O) groups excluding carboxylic acids is 2. The first-order valence-electron chi connectivity index (χ1n) is 12.0. The Kier molecular flexibility index (Phi) is 9.50. The number of alkyl carbamates (subject to hydrolysis) is 1. The van der Waals surface area contributed by atoms with E-state index in [1.807, 2.05) is 24.3 Å². The number of hydrogen-bond acceptors (Lipinski definition) is 4. The van der Waals surface area contributed by atoms with E-state index >= 15 is 0 Å². The average Bonchev–Trinajstić information content (AvgIpc) is 3.14. The molecular weight excluding hydrogens is 432 g/mol. The lowest BCUT2D eigenvalue weighted by molar-refractivity contribution is -0.138. The molecule has 0 radical (unpaired) electrons. The number of benzene rings is 2. The zero-order valence-electron chi connectivity index (χ0n) is 19.7. The number of ether oxygens (including phenoxy) is 1. The summed E-state index contributed by atoms with van der Waals surface area (Å²) in [6.45, 7) is 3.03. The number of hydrogen-bond donors (Lipinski definition) is 3. The van der Waals surface area contributed by atoms with Crippen molar-refractivity contribution in [2.24, 2.45) is 5.92 Å². The predicted molar refractivity (Wildman–Crippen MR) is 131 cm³/mol. The van der Waals surface area contributed by atoms with E-state index < -0.39 is 12.1 Å². The normalized spacial score (nSPS) is 13.0. The number of fused-ring (bicyclic) bond motifs is 3. The Balaban J connectivity index is 1.26. The summed E-state index contributed by atoms with van der Waals surface area (Å²) in [6.07, 6.45) is 3.47. The van der Waals surface area contributed by atoms with Crippen LogP contribution in [0.15, 0.2) is 48.5 Å². The number of rotatable bonds is 13. The molecule has 0 aliphatic heterocycles. The van der Waals surface area contributed by atoms with Crippen LogP contribution in [0.5, 0.6) is 0 Å². The molecule has 1 atom stereocenters. The summed E-state index contributed by atoms with van der Waals surface area (Å²) in [5, 5.41) is 14.3. The van der Waals surface area contributed by atoms with Crippen LogP contribution in [0.3, 0.4) is 0 Å². The van der Waals surface area contributed by atoms with Gasteiger partial charge in [0.2, 0.25) is 5.91 Å². The molecule has 182 valence electrons. The minimum absolute atomic E-state index is 0.0472. The molecule has 1 aliphatic carbocycles. The lowest BCUT2D eigenvalue weighted by atomic mass is 9.98. The van der Waals surface area contributed by atoms with Crippen molar-refractivity contribution in [3.63, 3.8) is 0 Å². The first-order chi connectivity index (χ1) is 16.5. The Morgan fingerprint density at radius 1 is 0.912 bits per heavy atom. The maximum absolute atomic E-state index is 12.2. The fourth-order valence-electron chi connectivity index (χ4n) is 4.35. The summed E-state index contributed by atoms with van der Waals surface area (Å²) in [4.78, 5) is 34.6. The lowest BCUT2D eigenvalue weighted by Crippen LogP contribution is -2.29. The number of unbranched alkanes of at least 4 members (excludes halogenated alkanes) is 3. The van der Waals surface area contributed by atoms with Crippen molar-refractivity contribution in [1.82, 2.24) is 10.6 Å². The number of carboxylic acids is 1. The second-order valence-corrected chi connectivity index (χ2v) is 8.92. The molecule has 2 aromatic carbocycles. The fourth-order valence-corrected chi connectivity index (χ4v) is 4.35. The van der Waals surface area contributed by atoms with Crippen LogP contribution in [-0.2, 0) is 14.3 Å². The van der Waals surface area contributed by atoms with Gasteiger partial charge >= 0.3 is 12.1 Å². The van der Waals surface area contributed by atoms with Crippen molar-refractivity contribution < 1.29 is 24.2 Å². The van der Waals surface area contributed by atoms with Gasteiger partial charge in [-0.1, -0.05) is 68.3 Å². The third-order valence-corrected chi connectivity index (χ3v) is 6.11. The molecule has 7 nitrogen and oxygen atoms in total. The third kappa shape index (κ3) is 7.33. The highest BCUT2D eigenvalue weighted by Gasteiger charge is 2.28. The maximum Gasteiger partial charge on any atom is 0.407 e. The molecular formula is C27H34N2O5. The van der Waals surface area contributed by atoms with Gasteiger partial charge in [-0.3, -0.25) is 9.59 Å². The Morgan fingerprint density at radius 3 is 2.18 bits per heavy atom. The van der Waals surface area contributed by atoms with E-state index in [1.54, 1.807) is 6.92 Å². The van der Waals surface area contributed by atoms with Crippen molar-refractivity contribution in [3.8, 4) is 11.1 Å². The van der Waals surface area contributed by atoms with Gasteiger partial charge in [-0.2, -0.15) is 0 Å². The van der Waals surface area contributed by atoms with Gasteiger partial charge in [0.05, 0.1) is 0 Å². The first-order valence-corrected chi connectivity index (χ1v) is 12.0. The largest absolute Gasteiger partial charge is 0.481 e. The average molecular weight is 467 g/mol. The quantitative estimate of drug-likeness (QED) is 0.371. The monoisotopic (exact) mass is 466 g/mol. The number of carbonyl (C=O) groups is 3. The zero-order valence-corrected chi connectivity index (χ0v) is 19.7. The molecule has 1 aliphatic rings. The van der Waals surface area contributed by atoms with Gasteiger partial charge in [-0.05, 0) is 41.0 Å². The summed E-state index contributed by atoms with van der Waals surface area (Å²) in [5.74, 6) is -0.927. The molecule has 3 rings (SSSR count). The molecule has 0 saturated heterocycles. The van der Waals surface area contributed by atoms with Crippen molar-refractivity contribution in [3.05, 3.63) is 59.7 Å². The smallest absolute Gasteiger partial charge is 0.407 e. The van der Waals surface area contributed by atoms with Crippen LogP contribution < -0.4 is 10.6 Å². The van der Waals surface area contributed by atoms with Crippen LogP contribution in [0.4, 0.5) is 4.79 Å². The Bertz CT molecular complexity index is 945. The SMILES string of the molecule is CC(CNC(=O)CCCCCCNC(=O)OCC1c2ccccc2-c2ccccc21)CC(=O)O. The van der Waals surface area contributed by atoms with E-state index in [0.717, 1.165) is 25.7 Å². The number of carboxylic acid groups (broad SMARTS) is 1. The summed E-state index contributed by atoms with van der Waals surface area (Å²) in [6, 6.07) is 16.5. The van der Waals surface area contributed by atoms with Crippen molar-refractivity contribution in [2.45, 2.75) is 51.4 Å². The molecule has 7 heteroatoms. The Morgan fingerprint density at radius 2 is 1.53 bits per heavy atom. The fraction of sp³-hybridized carbons (Fsp3) is 0.444. The summed E-state index contributed by atoms with van der Waals surface area (Å²) >= 11 is 0. The minimum Gasteiger partial charge on any atom is -0.481 e. The van der Waals surface area contributed by atoms with E-state index in [4.69, 9.17) is 9.84 Å². The van der Waals surface area contributed by atoms with Crippen LogP contribution in [0, 0.1) is 5.92 Å². The number of aliphatic carboxylic acids is 1. The molecule has 2 aromatic rings. The summed E-state index contributed by atoms with van der Waals surface area (Å²) in [7, 11) is 0. The molecule has 0 aromatic heterocycles. The lowest BCUT2D eigenvalue weighted by Gasteiger charge is -2.14. The van der Waals surface area contributed by atoms with E-state index in [1.165, 1.54) is 22.3 Å². The van der Waals surface area contributed by atoms with Crippen LogP contribution in [0.1, 0.15) is 62.5 Å². The molecule has 0 spiro atoms. The topological polar surface area (TPSA) is 105 Å². The van der Waals surface area contributed by atoms with Crippen LogP contribution in [-0.4, -0.2) is 42.8 Å². The van der Waals surface area contributed by atoms with Gasteiger partial charge in [0.25, 0.3) is 0 Å². The van der Waals surface area contributed by atoms with E-state index in [2.05, 4.69) is 34.9 Å². The number of nitrogens with one attached hydrogen (secondary N) is 2. The first kappa shape index (κ1) is 25.3. The molecule has 0 fully saturated rings. The minimum atomic E-state index is -0.853. The third-order valence-electron chi connectivity index (χ3n) is 6.11. The van der Waals surface area contributed by atoms with E-state index in [9.17, 15) is 14.4 Å². The summed E-state index contributed by atoms with van der Waals surface area (Å²) < 4.78 is 5.53. The van der Waals surface area contributed by atoms with E-state index in [0.29, 0.717) is 26.1 Å². The standard InChI is InChI=1S/C27H34N2O5/c1-19(16-26(31)32)17-29-25(30)14-4-2-3-9-15-28-27(33)34-18-24-22-12-7-5-10-20(22)21-11-6-8-13-23(21)24/h5-8,10-13,19,24H,2-4,9,14-18H2,1H3,(H,28,33)(H,29,30)(H,31,32).